The van der Waals surface area contributed by atoms with Crippen LogP contribution in [0.4, 0.5) is 0 Å². The Morgan fingerprint density at radius 3 is 0.960 bits per heavy atom. The van der Waals surface area contributed by atoms with Gasteiger partial charge >= 0.3 is 0 Å². The van der Waals surface area contributed by atoms with Gasteiger partial charge in [-0.1, -0.05) is 5.92 Å². The summed E-state index contributed by atoms with van der Waals surface area (Å²) < 4.78 is 7.88. The smallest absolute Gasteiger partial charge is 0.183 e. The molecular weight excluding hydrogens is 417 g/mol. The van der Waals surface area contributed by atoms with Gasteiger partial charge < -0.3 is 0 Å². The van der Waals surface area contributed by atoms with E-state index in [4.69, 9.17) is 1.41 Å². The van der Waals surface area contributed by atoms with Crippen molar-refractivity contribution in [2.45, 2.75) is 6.92 Å². The number of hydrogen-bond acceptors (Lipinski definition) is 1. The topological polar surface area (TPSA) is 12.0 Å². The van der Waals surface area contributed by atoms with E-state index in [1.54, 1.807) is 29.8 Å². The Hall–Kier alpha value is -4.31. The van der Waals surface area contributed by atoms with Gasteiger partial charge in [0.2, 0.25) is 0 Å². The predicted octanol–water partition coefficient (Wildman–Crippen LogP) is 0.941. The molecule has 0 aromatic rings. The van der Waals surface area contributed by atoms with Crippen LogP contribution in [0.1, 0.15) is 6.92 Å². The lowest BCUT2D eigenvalue weighted by Gasteiger charge is -1.65. The SMILES string of the molecule is [3H]N(I)C#CC#CC#CC#CC#CC#CC#CC#CC#CC#CC#CC. The van der Waals surface area contributed by atoms with Gasteiger partial charge in [0.15, 0.2) is 1.41 Å². The minimum Gasteiger partial charge on any atom is -0.287 e. The van der Waals surface area contributed by atoms with Crippen molar-refractivity contribution in [2.24, 2.45) is 0 Å². The van der Waals surface area contributed by atoms with Gasteiger partial charge in [-0.25, -0.2) is 0 Å². The molecule has 0 aromatic heterocycles. The van der Waals surface area contributed by atoms with E-state index in [0.29, 0.717) is 0 Å². The van der Waals surface area contributed by atoms with Gasteiger partial charge in [0.1, 0.15) is 0 Å². The summed E-state index contributed by atoms with van der Waals surface area (Å²) in [6, 6.07) is 2.39. The minimum atomic E-state index is 0.919. The van der Waals surface area contributed by atoms with Gasteiger partial charge in [0, 0.05) is 77.1 Å². The molecule has 0 amide bonds. The Morgan fingerprint density at radius 1 is 0.480 bits per heavy atom. The number of halogens is 1. The molecule has 108 valence electrons. The Morgan fingerprint density at radius 2 is 0.720 bits per heavy atom. The third-order valence-corrected chi connectivity index (χ3v) is 1.65. The molecule has 25 heavy (non-hydrogen) atoms. The zero-order valence-corrected chi connectivity index (χ0v) is 15.0. The molecule has 0 atom stereocenters. The number of rotatable bonds is 0. The molecule has 0 aromatic carbocycles. The largest absolute Gasteiger partial charge is 0.287 e. The van der Waals surface area contributed by atoms with Crippen molar-refractivity contribution in [3.05, 3.63) is 0 Å². The van der Waals surface area contributed by atoms with Crippen molar-refractivity contribution in [1.29, 1.82) is 0 Å². The van der Waals surface area contributed by atoms with Gasteiger partial charge in [0.25, 0.3) is 0 Å². The zero-order valence-electron chi connectivity index (χ0n) is 13.8. The van der Waals surface area contributed by atoms with Crippen LogP contribution >= 0.6 is 22.9 Å². The summed E-state index contributed by atoms with van der Waals surface area (Å²) in [5.74, 6) is 52.5. The lowest BCUT2D eigenvalue weighted by molar-refractivity contribution is 1.61. The van der Waals surface area contributed by atoms with E-state index < -0.39 is 0 Å². The Balaban J connectivity index is 4.40. The third-order valence-electron chi connectivity index (χ3n) is 1.41. The molecule has 2 heteroatoms. The van der Waals surface area contributed by atoms with Gasteiger partial charge in [0.05, 0.1) is 22.9 Å². The van der Waals surface area contributed by atoms with E-state index in [1.165, 1.54) is 0 Å². The van der Waals surface area contributed by atoms with Crippen LogP contribution in [0.15, 0.2) is 0 Å². The van der Waals surface area contributed by atoms with Crippen molar-refractivity contribution < 1.29 is 1.41 Å². The van der Waals surface area contributed by atoms with Crippen LogP contribution in [0.3, 0.4) is 0 Å². The first kappa shape index (κ1) is 18.7. The molecule has 0 fully saturated rings. The maximum Gasteiger partial charge on any atom is 0.183 e. The highest BCUT2D eigenvalue weighted by Gasteiger charge is 1.59. The fourth-order valence-corrected chi connectivity index (χ4v) is 0.795. The Bertz CT molecular complexity index is 1220. The van der Waals surface area contributed by atoms with Crippen LogP contribution in [0.5, 0.6) is 0 Å². The third kappa shape index (κ3) is 19.7. The summed E-state index contributed by atoms with van der Waals surface area (Å²) >= 11 is 1.70. The Kier molecular flexibility index (Phi) is 14.8. The molecule has 0 aliphatic carbocycles. The fourth-order valence-electron chi connectivity index (χ4n) is 0.674. The second-order valence-electron chi connectivity index (χ2n) is 2.95. The molecule has 0 heterocycles. The molecule has 0 rings (SSSR count). The molecule has 0 radical (unpaired) electrons. The van der Waals surface area contributed by atoms with Crippen LogP contribution in [0.25, 0.3) is 0 Å². The summed E-state index contributed by atoms with van der Waals surface area (Å²) in [5, 5.41) is 0. The first-order chi connectivity index (χ1) is 12.8. The van der Waals surface area contributed by atoms with E-state index >= 15 is 0 Å². The predicted molar refractivity (Wildman–Crippen MR) is 108 cm³/mol. The van der Waals surface area contributed by atoms with Crippen molar-refractivity contribution in [3.63, 3.8) is 0 Å². The molecule has 0 aliphatic rings. The van der Waals surface area contributed by atoms with Gasteiger partial charge in [-0.2, -0.15) is 0 Å². The van der Waals surface area contributed by atoms with Crippen LogP contribution in [0, 0.1) is 130 Å². The molecule has 1 N–H and O–H groups in total. The molecule has 0 saturated heterocycles. The van der Waals surface area contributed by atoms with Crippen LogP contribution in [-0.2, 0) is 0 Å². The summed E-state index contributed by atoms with van der Waals surface area (Å²) in [4.78, 5) is 0. The van der Waals surface area contributed by atoms with Crippen LogP contribution in [-0.4, -0.2) is 0 Å². The van der Waals surface area contributed by atoms with Gasteiger partial charge in [-0.15, -0.1) is 0 Å². The first-order valence-electron chi connectivity index (χ1n) is 6.59. The van der Waals surface area contributed by atoms with Crippen LogP contribution in [0.2, 0.25) is 1.41 Å². The van der Waals surface area contributed by atoms with Crippen LogP contribution < -0.4 is 3.52 Å². The minimum absolute atomic E-state index is 0.919. The summed E-state index contributed by atoms with van der Waals surface area (Å²) in [5.41, 5.74) is 0. The maximum absolute atomic E-state index is 6.96. The highest BCUT2D eigenvalue weighted by molar-refractivity contribution is 14.1. The molecule has 1 nitrogen and oxygen atoms in total. The highest BCUT2D eigenvalue weighted by atomic mass is 127. The average molecular weight is 423 g/mol. The lowest BCUT2D eigenvalue weighted by atomic mass is 10.4. The second kappa shape index (κ2) is 19.7. The monoisotopic (exact) mass is 423 g/mol. The zero-order chi connectivity index (χ0) is 19.1. The van der Waals surface area contributed by atoms with E-state index in [0.717, 1.165) is 3.52 Å². The van der Waals surface area contributed by atoms with Gasteiger partial charge in [-0.05, 0) is 54.3 Å². The van der Waals surface area contributed by atoms with E-state index in [9.17, 15) is 0 Å². The summed E-state index contributed by atoms with van der Waals surface area (Å²) in [7, 11) is 0. The lowest BCUT2D eigenvalue weighted by Crippen LogP contribution is -1.77. The van der Waals surface area contributed by atoms with Crippen molar-refractivity contribution >= 4 is 22.9 Å². The highest BCUT2D eigenvalue weighted by Crippen LogP contribution is 1.61. The van der Waals surface area contributed by atoms with Gasteiger partial charge in [-0.3, -0.25) is 3.52 Å². The normalized spacial score (nSPS) is 4.64. The van der Waals surface area contributed by atoms with Crippen molar-refractivity contribution in [1.82, 2.24) is 3.52 Å². The van der Waals surface area contributed by atoms with E-state index in [-0.39, 0.29) is 0 Å². The molecular formula is C23H4IN. The van der Waals surface area contributed by atoms with E-state index in [1.807, 2.05) is 0 Å². The molecule has 0 saturated carbocycles. The first-order valence-corrected chi connectivity index (χ1v) is 7.11. The molecule has 0 bridgehead atoms. The quantitative estimate of drug-likeness (QED) is 0.265. The summed E-state index contributed by atoms with van der Waals surface area (Å²) in [6.07, 6.45) is 0. The fraction of sp³-hybridized carbons (Fsp3) is 0.0435. The Labute approximate surface area is 164 Å². The number of hydrogen-bond donors (Lipinski definition) is 1. The maximum atomic E-state index is 6.96. The van der Waals surface area contributed by atoms with Crippen molar-refractivity contribution in [3.8, 4) is 130 Å². The summed E-state index contributed by atoms with van der Waals surface area (Å²) in [6.45, 7) is 1.69. The van der Waals surface area contributed by atoms with Crippen molar-refractivity contribution in [2.75, 3.05) is 0 Å². The second-order valence-corrected chi connectivity index (χ2v) is 3.43. The standard InChI is InChI=1S/C23H4IN/c1-2-3-4-5-6-7-8-9-10-11-12-13-14-15-16-17-18-19-20-21-22-23-25-24/h25H,1H3/i/hT. The molecule has 0 spiro atoms. The molecule has 0 aliphatic heterocycles. The average Bonchev–Trinajstić information content (AvgIpc) is 2.62. The number of nitrogens with one attached hydrogen (secondary N) is 1. The van der Waals surface area contributed by atoms with E-state index in [2.05, 4.69) is 130 Å². The molecule has 0 unspecified atom stereocenters.